The molecule has 1 heterocycles. The number of carbonyl (C=O) groups excluding carboxylic acids is 1. The molecule has 3 aromatic carbocycles. The topological polar surface area (TPSA) is 68.2 Å². The number of benzene rings is 3. The molecule has 1 amide bonds. The molecule has 0 saturated carbocycles. The zero-order valence-corrected chi connectivity index (χ0v) is 17.8. The van der Waals surface area contributed by atoms with E-state index in [0.717, 1.165) is 0 Å². The molecule has 31 heavy (non-hydrogen) atoms. The fraction of sp³-hybridized carbons (Fsp3) is 0.0870. The van der Waals surface area contributed by atoms with Crippen LogP contribution < -0.4 is 5.32 Å². The summed E-state index contributed by atoms with van der Waals surface area (Å²) in [7, 11) is -3.73. The molecular weight excluding hydrogens is 439 g/mol. The van der Waals surface area contributed by atoms with Gasteiger partial charge in [0.05, 0.1) is 21.4 Å². The summed E-state index contributed by atoms with van der Waals surface area (Å²) in [6.07, 6.45) is 1.47. The maximum absolute atomic E-state index is 13.2. The van der Waals surface area contributed by atoms with Crippen molar-refractivity contribution in [2.75, 3.05) is 5.32 Å². The average molecular weight is 457 g/mol. The molecule has 0 aliphatic rings. The summed E-state index contributed by atoms with van der Waals surface area (Å²) >= 11 is 6.09. The Morgan fingerprint density at radius 3 is 2.39 bits per heavy atom. The molecule has 0 radical (unpaired) electrons. The summed E-state index contributed by atoms with van der Waals surface area (Å²) in [6.45, 7) is -0.0855. The second-order valence-electron chi connectivity index (χ2n) is 7.05. The summed E-state index contributed by atoms with van der Waals surface area (Å²) in [6, 6.07) is 19.2. The Hall–Kier alpha value is -3.16. The highest BCUT2D eigenvalue weighted by molar-refractivity contribution is 7.90. The van der Waals surface area contributed by atoms with Crippen LogP contribution in [0.4, 0.5) is 10.1 Å². The maximum Gasteiger partial charge on any atom is 0.244 e. The maximum atomic E-state index is 13.2. The van der Waals surface area contributed by atoms with E-state index < -0.39 is 15.7 Å². The predicted molar refractivity (Wildman–Crippen MR) is 119 cm³/mol. The summed E-state index contributed by atoms with van der Waals surface area (Å²) < 4.78 is 41.0. The van der Waals surface area contributed by atoms with Crippen LogP contribution in [-0.4, -0.2) is 18.9 Å². The number of nitrogens with zero attached hydrogens (tertiary/aromatic N) is 1. The Morgan fingerprint density at radius 1 is 0.968 bits per heavy atom. The van der Waals surface area contributed by atoms with Gasteiger partial charge in [0.15, 0.2) is 9.84 Å². The van der Waals surface area contributed by atoms with Crippen molar-refractivity contribution in [1.82, 2.24) is 4.57 Å². The second-order valence-corrected chi connectivity index (χ2v) is 9.42. The lowest BCUT2D eigenvalue weighted by atomic mass is 10.2. The van der Waals surface area contributed by atoms with Gasteiger partial charge < -0.3 is 9.88 Å². The molecule has 0 unspecified atom stereocenters. The van der Waals surface area contributed by atoms with Gasteiger partial charge in [0.2, 0.25) is 5.91 Å². The minimum absolute atomic E-state index is 0.0855. The number of halogens is 2. The van der Waals surface area contributed by atoms with Gasteiger partial charge in [-0.15, -0.1) is 0 Å². The molecular formula is C23H18ClFN2O3S. The Morgan fingerprint density at radius 2 is 1.65 bits per heavy atom. The van der Waals surface area contributed by atoms with Crippen molar-refractivity contribution < 1.29 is 17.6 Å². The highest BCUT2D eigenvalue weighted by Crippen LogP contribution is 2.28. The lowest BCUT2D eigenvalue weighted by Gasteiger charge is -2.08. The van der Waals surface area contributed by atoms with Crippen LogP contribution in [0, 0.1) is 5.82 Å². The van der Waals surface area contributed by atoms with Gasteiger partial charge in [-0.05, 0) is 35.9 Å². The van der Waals surface area contributed by atoms with E-state index in [-0.39, 0.29) is 23.1 Å². The molecule has 1 aromatic heterocycles. The number of rotatable bonds is 6. The zero-order chi connectivity index (χ0) is 22.0. The molecule has 0 saturated heterocycles. The molecule has 0 spiro atoms. The Balaban J connectivity index is 1.65. The number of hydrogen-bond donors (Lipinski definition) is 1. The molecule has 8 heteroatoms. The Kier molecular flexibility index (Phi) is 5.80. The first-order valence-electron chi connectivity index (χ1n) is 9.43. The zero-order valence-electron chi connectivity index (χ0n) is 16.3. The van der Waals surface area contributed by atoms with E-state index in [1.165, 1.54) is 30.5 Å². The summed E-state index contributed by atoms with van der Waals surface area (Å²) in [4.78, 5) is 12.7. The van der Waals surface area contributed by atoms with Gasteiger partial charge in [-0.3, -0.25) is 4.79 Å². The van der Waals surface area contributed by atoms with Crippen molar-refractivity contribution >= 4 is 43.9 Å². The first-order chi connectivity index (χ1) is 14.8. The van der Waals surface area contributed by atoms with E-state index in [2.05, 4.69) is 5.32 Å². The van der Waals surface area contributed by atoms with Crippen LogP contribution in [-0.2, 0) is 26.9 Å². The molecule has 4 rings (SSSR count). The average Bonchev–Trinajstić information content (AvgIpc) is 3.11. The number of amides is 1. The second kappa shape index (κ2) is 8.53. The van der Waals surface area contributed by atoms with Crippen LogP contribution in [0.2, 0.25) is 5.02 Å². The first-order valence-corrected chi connectivity index (χ1v) is 11.5. The van der Waals surface area contributed by atoms with Crippen molar-refractivity contribution in [2.24, 2.45) is 0 Å². The number of nitrogens with one attached hydrogen (secondary N) is 1. The van der Waals surface area contributed by atoms with Crippen molar-refractivity contribution in [1.29, 1.82) is 0 Å². The standard InChI is InChI=1S/C23H18ClFN2O3S/c24-19-6-2-3-7-20(19)26-23(28)14-27-13-22(18-5-1-4-8-21(18)27)31(29,30)15-16-9-11-17(25)12-10-16/h1-13H,14-15H2,(H,26,28). The highest BCUT2D eigenvalue weighted by atomic mass is 35.5. The molecule has 0 aliphatic carbocycles. The Bertz CT molecular complexity index is 1370. The van der Waals surface area contributed by atoms with Crippen molar-refractivity contribution in [2.45, 2.75) is 17.2 Å². The van der Waals surface area contributed by atoms with E-state index in [9.17, 15) is 17.6 Å². The van der Waals surface area contributed by atoms with Gasteiger partial charge in [-0.2, -0.15) is 0 Å². The van der Waals surface area contributed by atoms with Crippen LogP contribution in [0.1, 0.15) is 5.56 Å². The molecule has 4 aromatic rings. The van der Waals surface area contributed by atoms with Crippen LogP contribution in [0.25, 0.3) is 10.9 Å². The highest BCUT2D eigenvalue weighted by Gasteiger charge is 2.22. The SMILES string of the molecule is O=C(Cn1cc(S(=O)(=O)Cc2ccc(F)cc2)c2ccccc21)Nc1ccccc1Cl. The fourth-order valence-corrected chi connectivity index (χ4v) is 5.14. The van der Waals surface area contributed by atoms with E-state index in [0.29, 0.717) is 27.2 Å². The van der Waals surface area contributed by atoms with Gasteiger partial charge >= 0.3 is 0 Å². The number of hydrogen-bond acceptors (Lipinski definition) is 3. The van der Waals surface area contributed by atoms with Gasteiger partial charge in [0, 0.05) is 17.1 Å². The third-order valence-electron chi connectivity index (χ3n) is 4.82. The van der Waals surface area contributed by atoms with E-state index in [1.54, 1.807) is 53.1 Å². The van der Waals surface area contributed by atoms with E-state index in [1.807, 2.05) is 0 Å². The number of anilines is 1. The van der Waals surface area contributed by atoms with Gasteiger partial charge in [0.25, 0.3) is 0 Å². The van der Waals surface area contributed by atoms with Crippen molar-refractivity contribution in [3.05, 3.63) is 95.4 Å². The van der Waals surface area contributed by atoms with Crippen LogP contribution >= 0.6 is 11.6 Å². The summed E-state index contributed by atoms with van der Waals surface area (Å²) in [5.41, 5.74) is 1.58. The predicted octanol–water partition coefficient (Wildman–Crippen LogP) is 5.05. The fourth-order valence-electron chi connectivity index (χ4n) is 3.38. The van der Waals surface area contributed by atoms with Crippen LogP contribution in [0.15, 0.2) is 83.9 Å². The lowest BCUT2D eigenvalue weighted by Crippen LogP contribution is -2.18. The lowest BCUT2D eigenvalue weighted by molar-refractivity contribution is -0.116. The summed E-state index contributed by atoms with van der Waals surface area (Å²) in [5.74, 6) is -1.04. The third kappa shape index (κ3) is 4.62. The van der Waals surface area contributed by atoms with Crippen LogP contribution in [0.5, 0.6) is 0 Å². The molecule has 0 bridgehead atoms. The van der Waals surface area contributed by atoms with E-state index in [4.69, 9.17) is 11.6 Å². The number of aromatic nitrogens is 1. The smallest absolute Gasteiger partial charge is 0.244 e. The molecule has 5 nitrogen and oxygen atoms in total. The summed E-state index contributed by atoms with van der Waals surface area (Å²) in [5, 5.41) is 3.68. The molecule has 0 fully saturated rings. The number of carbonyl (C=O) groups is 1. The van der Waals surface area contributed by atoms with Gasteiger partial charge in [-0.1, -0.05) is 54.1 Å². The quantitative estimate of drug-likeness (QED) is 0.441. The monoisotopic (exact) mass is 456 g/mol. The van der Waals surface area contributed by atoms with Crippen molar-refractivity contribution in [3.63, 3.8) is 0 Å². The van der Waals surface area contributed by atoms with Gasteiger partial charge in [-0.25, -0.2) is 12.8 Å². The number of fused-ring (bicyclic) bond motifs is 1. The largest absolute Gasteiger partial charge is 0.337 e. The van der Waals surface area contributed by atoms with Crippen molar-refractivity contribution in [3.8, 4) is 0 Å². The normalized spacial score (nSPS) is 11.5. The molecule has 1 N–H and O–H groups in total. The molecule has 0 atom stereocenters. The number of sulfone groups is 1. The first kappa shape index (κ1) is 21.1. The molecule has 158 valence electrons. The minimum atomic E-state index is -3.73. The minimum Gasteiger partial charge on any atom is -0.337 e. The number of para-hydroxylation sites is 2. The third-order valence-corrected chi connectivity index (χ3v) is 6.86. The Labute approximate surface area is 184 Å². The van der Waals surface area contributed by atoms with Gasteiger partial charge in [0.1, 0.15) is 12.4 Å². The van der Waals surface area contributed by atoms with Crippen LogP contribution in [0.3, 0.4) is 0 Å². The van der Waals surface area contributed by atoms with E-state index >= 15 is 0 Å². The molecule has 0 aliphatic heterocycles.